The lowest BCUT2D eigenvalue weighted by atomic mass is 9.80. The van der Waals surface area contributed by atoms with Crippen LogP contribution in [-0.4, -0.2) is 26.8 Å². The highest BCUT2D eigenvalue weighted by molar-refractivity contribution is 5.44. The van der Waals surface area contributed by atoms with Gasteiger partial charge in [-0.1, -0.05) is 19.9 Å². The van der Waals surface area contributed by atoms with Crippen molar-refractivity contribution in [2.45, 2.75) is 26.7 Å². The van der Waals surface area contributed by atoms with Crippen LogP contribution in [0.3, 0.4) is 0 Å². The minimum Gasteiger partial charge on any atom is -0.493 e. The third-order valence-corrected chi connectivity index (χ3v) is 4.15. The second-order valence-corrected chi connectivity index (χ2v) is 5.22. The summed E-state index contributed by atoms with van der Waals surface area (Å²) < 4.78 is 11.0. The smallest absolute Gasteiger partial charge is 0.161 e. The Balaban J connectivity index is 2.95. The predicted molar refractivity (Wildman–Crippen MR) is 83.3 cm³/mol. The molecule has 1 rings (SSSR count). The van der Waals surface area contributed by atoms with Crippen LogP contribution in [0.5, 0.6) is 11.5 Å². The molecule has 1 aromatic rings. The Morgan fingerprint density at radius 3 is 2.25 bits per heavy atom. The Hall–Kier alpha value is -1.26. The molecule has 0 amide bonds. The van der Waals surface area contributed by atoms with Gasteiger partial charge >= 0.3 is 0 Å². The largest absolute Gasteiger partial charge is 0.493 e. The second-order valence-electron chi connectivity index (χ2n) is 5.22. The summed E-state index contributed by atoms with van der Waals surface area (Å²) in [5, 5.41) is 0. The van der Waals surface area contributed by atoms with Gasteiger partial charge in [0.15, 0.2) is 11.5 Å². The molecule has 4 N–H and O–H groups in total. The third kappa shape index (κ3) is 3.87. The van der Waals surface area contributed by atoms with Gasteiger partial charge in [-0.2, -0.15) is 0 Å². The monoisotopic (exact) mass is 280 g/mol. The molecule has 0 saturated carbocycles. The molecule has 0 aliphatic rings. The maximum Gasteiger partial charge on any atom is 0.161 e. The lowest BCUT2D eigenvalue weighted by molar-refractivity contribution is 0.307. The SMILES string of the molecule is CCOc1ccc(C(C)C(C)C(CN)CN)cc1OC. The van der Waals surface area contributed by atoms with Gasteiger partial charge in [-0.15, -0.1) is 0 Å². The van der Waals surface area contributed by atoms with E-state index in [4.69, 9.17) is 20.9 Å². The fourth-order valence-corrected chi connectivity index (χ4v) is 2.48. The maximum atomic E-state index is 5.80. The van der Waals surface area contributed by atoms with E-state index in [1.165, 1.54) is 5.56 Å². The first kappa shape index (κ1) is 16.8. The van der Waals surface area contributed by atoms with Crippen molar-refractivity contribution in [2.24, 2.45) is 23.3 Å². The average Bonchev–Trinajstić information content (AvgIpc) is 2.48. The average molecular weight is 280 g/mol. The van der Waals surface area contributed by atoms with E-state index >= 15 is 0 Å². The first-order valence-corrected chi connectivity index (χ1v) is 7.29. The second kappa shape index (κ2) is 8.12. The summed E-state index contributed by atoms with van der Waals surface area (Å²) in [5.74, 6) is 2.69. The summed E-state index contributed by atoms with van der Waals surface area (Å²) in [6, 6.07) is 6.12. The first-order chi connectivity index (χ1) is 9.58. The molecule has 0 aromatic heterocycles. The van der Waals surface area contributed by atoms with Crippen molar-refractivity contribution in [1.29, 1.82) is 0 Å². The minimum absolute atomic E-state index is 0.336. The Labute approximate surface area is 122 Å². The van der Waals surface area contributed by atoms with Crippen LogP contribution in [0.25, 0.3) is 0 Å². The molecule has 0 heterocycles. The molecule has 0 aliphatic heterocycles. The van der Waals surface area contributed by atoms with Crippen molar-refractivity contribution < 1.29 is 9.47 Å². The van der Waals surface area contributed by atoms with Crippen molar-refractivity contribution in [3.8, 4) is 11.5 Å². The summed E-state index contributed by atoms with van der Waals surface area (Å²) in [6.07, 6.45) is 0. The van der Waals surface area contributed by atoms with Crippen molar-refractivity contribution >= 4 is 0 Å². The highest BCUT2D eigenvalue weighted by Crippen LogP contribution is 2.35. The van der Waals surface area contributed by atoms with Crippen LogP contribution >= 0.6 is 0 Å². The molecule has 0 saturated heterocycles. The number of rotatable bonds is 8. The summed E-state index contributed by atoms with van der Waals surface area (Å²) in [7, 11) is 1.66. The van der Waals surface area contributed by atoms with Crippen LogP contribution in [0.4, 0.5) is 0 Å². The molecule has 0 aliphatic carbocycles. The highest BCUT2D eigenvalue weighted by atomic mass is 16.5. The van der Waals surface area contributed by atoms with Crippen LogP contribution < -0.4 is 20.9 Å². The van der Waals surface area contributed by atoms with E-state index in [1.54, 1.807) is 7.11 Å². The van der Waals surface area contributed by atoms with Gasteiger partial charge in [0.05, 0.1) is 13.7 Å². The van der Waals surface area contributed by atoms with Gasteiger partial charge in [0.2, 0.25) is 0 Å². The van der Waals surface area contributed by atoms with Gasteiger partial charge in [0.25, 0.3) is 0 Å². The molecular formula is C16H28N2O2. The Bertz CT molecular complexity index is 405. The van der Waals surface area contributed by atoms with Gasteiger partial charge in [0, 0.05) is 0 Å². The van der Waals surface area contributed by atoms with Crippen molar-refractivity contribution in [2.75, 3.05) is 26.8 Å². The van der Waals surface area contributed by atoms with E-state index in [1.807, 2.05) is 13.0 Å². The van der Waals surface area contributed by atoms with E-state index in [0.29, 0.717) is 37.5 Å². The quantitative estimate of drug-likeness (QED) is 0.767. The molecule has 4 heteroatoms. The van der Waals surface area contributed by atoms with E-state index in [2.05, 4.69) is 26.0 Å². The molecular weight excluding hydrogens is 252 g/mol. The molecule has 114 valence electrons. The Morgan fingerprint density at radius 2 is 1.75 bits per heavy atom. The number of methoxy groups -OCH3 is 1. The molecule has 0 fully saturated rings. The fourth-order valence-electron chi connectivity index (χ4n) is 2.48. The molecule has 0 spiro atoms. The maximum absolute atomic E-state index is 5.80. The number of nitrogens with two attached hydrogens (primary N) is 2. The number of benzene rings is 1. The third-order valence-electron chi connectivity index (χ3n) is 4.15. The van der Waals surface area contributed by atoms with Crippen molar-refractivity contribution in [3.63, 3.8) is 0 Å². The summed E-state index contributed by atoms with van der Waals surface area (Å²) in [4.78, 5) is 0. The number of ether oxygens (including phenoxy) is 2. The van der Waals surface area contributed by atoms with Crippen LogP contribution in [-0.2, 0) is 0 Å². The fraction of sp³-hybridized carbons (Fsp3) is 0.625. The molecule has 20 heavy (non-hydrogen) atoms. The zero-order valence-electron chi connectivity index (χ0n) is 13.1. The predicted octanol–water partition coefficient (Wildman–Crippen LogP) is 2.37. The molecule has 2 atom stereocenters. The summed E-state index contributed by atoms with van der Waals surface area (Å²) >= 11 is 0. The van der Waals surface area contributed by atoms with E-state index in [9.17, 15) is 0 Å². The van der Waals surface area contributed by atoms with Crippen LogP contribution in [0.1, 0.15) is 32.3 Å². The minimum atomic E-state index is 0.336. The van der Waals surface area contributed by atoms with Gasteiger partial charge < -0.3 is 20.9 Å². The Morgan fingerprint density at radius 1 is 1.10 bits per heavy atom. The zero-order chi connectivity index (χ0) is 15.1. The number of hydrogen-bond acceptors (Lipinski definition) is 4. The van der Waals surface area contributed by atoms with Crippen LogP contribution in [0, 0.1) is 11.8 Å². The van der Waals surface area contributed by atoms with Crippen molar-refractivity contribution in [3.05, 3.63) is 23.8 Å². The lowest BCUT2D eigenvalue weighted by Crippen LogP contribution is -2.31. The van der Waals surface area contributed by atoms with Gasteiger partial charge in [-0.3, -0.25) is 0 Å². The summed E-state index contributed by atoms with van der Waals surface area (Å²) in [5.41, 5.74) is 12.8. The Kier molecular flexibility index (Phi) is 6.82. The number of hydrogen-bond donors (Lipinski definition) is 2. The van der Waals surface area contributed by atoms with Gasteiger partial charge in [-0.05, 0) is 55.5 Å². The topological polar surface area (TPSA) is 70.5 Å². The standard InChI is InChI=1S/C16H28N2O2/c1-5-20-15-7-6-13(8-16(15)19-4)11(2)12(3)14(9-17)10-18/h6-8,11-12,14H,5,9-10,17-18H2,1-4H3. The zero-order valence-corrected chi connectivity index (χ0v) is 13.1. The van der Waals surface area contributed by atoms with Gasteiger partial charge in [0.1, 0.15) is 0 Å². The van der Waals surface area contributed by atoms with E-state index in [0.717, 1.165) is 11.5 Å². The normalized spacial score (nSPS) is 14.2. The molecule has 4 nitrogen and oxygen atoms in total. The highest BCUT2D eigenvalue weighted by Gasteiger charge is 2.22. The molecule has 0 radical (unpaired) electrons. The molecule has 0 bridgehead atoms. The summed E-state index contributed by atoms with van der Waals surface area (Å²) in [6.45, 7) is 8.25. The first-order valence-electron chi connectivity index (χ1n) is 7.29. The molecule has 1 aromatic carbocycles. The molecule has 2 unspecified atom stereocenters. The van der Waals surface area contributed by atoms with E-state index in [-0.39, 0.29) is 0 Å². The van der Waals surface area contributed by atoms with Gasteiger partial charge in [-0.25, -0.2) is 0 Å². The van der Waals surface area contributed by atoms with Crippen molar-refractivity contribution in [1.82, 2.24) is 0 Å². The van der Waals surface area contributed by atoms with Crippen LogP contribution in [0.2, 0.25) is 0 Å². The van der Waals surface area contributed by atoms with E-state index < -0.39 is 0 Å². The lowest BCUT2D eigenvalue weighted by Gasteiger charge is -2.27. The van der Waals surface area contributed by atoms with Crippen LogP contribution in [0.15, 0.2) is 18.2 Å².